The Balaban J connectivity index is 0. The van der Waals surface area contributed by atoms with Crippen LogP contribution in [0.4, 0.5) is 0 Å². The van der Waals surface area contributed by atoms with Gasteiger partial charge in [-0.3, -0.25) is 0 Å². The molecule has 0 heterocycles. The number of hydrogen-bond donors (Lipinski definition) is 2. The molecule has 4 N–H and O–H groups in total. The van der Waals surface area contributed by atoms with Gasteiger partial charge in [0.15, 0.2) is 0 Å². The summed E-state index contributed by atoms with van der Waals surface area (Å²) in [6, 6.07) is 0. The zero-order valence-electron chi connectivity index (χ0n) is 31.9. The van der Waals surface area contributed by atoms with Crippen molar-refractivity contribution in [2.24, 2.45) is 11.3 Å². The first kappa shape index (κ1) is 46.5. The lowest BCUT2D eigenvalue weighted by atomic mass is 9.71. The Kier molecular flexibility index (Phi) is 39.1. The monoisotopic (exact) mass is 634 g/mol. The molecule has 0 aliphatic heterocycles. The summed E-state index contributed by atoms with van der Waals surface area (Å²) in [5, 5.41) is 9.67. The number of unbranched alkanes of at least 4 members (excludes halogenated alkanes) is 25. The van der Waals surface area contributed by atoms with Crippen LogP contribution in [-0.4, -0.2) is 11.7 Å². The van der Waals surface area contributed by atoms with Crippen LogP contribution in [0.15, 0.2) is 24.3 Å². The highest BCUT2D eigenvalue weighted by Gasteiger charge is 2.28. The zero-order chi connectivity index (χ0) is 32.2. The largest absolute Gasteiger partial charge is 0.396 e. The van der Waals surface area contributed by atoms with Crippen molar-refractivity contribution in [3.05, 3.63) is 24.3 Å². The van der Waals surface area contributed by atoms with Crippen LogP contribution in [0, 0.1) is 11.3 Å². The lowest BCUT2D eigenvalue weighted by Gasteiger charge is -2.34. The van der Waals surface area contributed by atoms with Crippen molar-refractivity contribution < 1.29 is 5.11 Å². The molecule has 0 amide bonds. The number of hydrogen-bond acceptors (Lipinski definition) is 2. The molecule has 2 heteroatoms. The average Bonchev–Trinajstić information content (AvgIpc) is 3.01. The van der Waals surface area contributed by atoms with Gasteiger partial charge in [0.1, 0.15) is 0 Å². The maximum atomic E-state index is 9.67. The molecule has 0 aliphatic carbocycles. The molecule has 45 heavy (non-hydrogen) atoms. The molecule has 0 aromatic heterocycles. The van der Waals surface area contributed by atoms with E-state index >= 15 is 0 Å². The fourth-order valence-corrected chi connectivity index (χ4v) is 6.87. The Morgan fingerprint density at radius 1 is 0.422 bits per heavy atom. The summed E-state index contributed by atoms with van der Waals surface area (Å²) in [7, 11) is 0. The smallest absolute Gasteiger partial charge is 0.0436 e. The summed E-state index contributed by atoms with van der Waals surface area (Å²) in [5.74, 6) is 0.773. The standard InChI is InChI=1S/C43H84O.H3N/c1-5-7-9-11-13-15-17-19-21-23-25-27-29-31-33-35-37-39-42(43(3,4)40-41-44)38-36-34-32-30-28-26-24-22-20-18-16-14-12-10-8-6-2;/h19-22,42,44H,5-18,23-41H2,1-4H3;1H3/b21-19-,22-20-;. The van der Waals surface area contributed by atoms with Gasteiger partial charge in [0, 0.05) is 6.61 Å². The number of aliphatic hydroxyl groups excluding tert-OH is 1. The van der Waals surface area contributed by atoms with Crippen LogP contribution in [0.3, 0.4) is 0 Å². The summed E-state index contributed by atoms with van der Waals surface area (Å²) in [6.45, 7) is 9.75. The molecule has 0 aromatic carbocycles. The van der Waals surface area contributed by atoms with E-state index in [1.807, 2.05) is 0 Å². The Morgan fingerprint density at radius 2 is 0.689 bits per heavy atom. The van der Waals surface area contributed by atoms with Crippen molar-refractivity contribution in [1.82, 2.24) is 6.15 Å². The van der Waals surface area contributed by atoms with Gasteiger partial charge >= 0.3 is 0 Å². The molecule has 0 spiro atoms. The minimum absolute atomic E-state index is 0. The van der Waals surface area contributed by atoms with E-state index in [0.717, 1.165) is 12.3 Å². The Hall–Kier alpha value is -0.600. The van der Waals surface area contributed by atoms with E-state index in [4.69, 9.17) is 0 Å². The minimum atomic E-state index is 0. The van der Waals surface area contributed by atoms with Crippen LogP contribution >= 0.6 is 0 Å². The SMILES string of the molecule is CCCCCCCC/C=C\CCCCCCCCCC(CCCCCCCC/C=C\CCCCCCCC)C(C)(C)CCO.N. The summed E-state index contributed by atoms with van der Waals surface area (Å²) in [4.78, 5) is 0. The van der Waals surface area contributed by atoms with Gasteiger partial charge < -0.3 is 11.3 Å². The van der Waals surface area contributed by atoms with Crippen molar-refractivity contribution in [2.45, 2.75) is 233 Å². The normalized spacial score (nSPS) is 12.8. The fourth-order valence-electron chi connectivity index (χ4n) is 6.87. The average molecular weight is 634 g/mol. The van der Waals surface area contributed by atoms with Gasteiger partial charge in [-0.2, -0.15) is 0 Å². The highest BCUT2D eigenvalue weighted by atomic mass is 16.3. The Bertz CT molecular complexity index is 595. The van der Waals surface area contributed by atoms with E-state index < -0.39 is 0 Å². The van der Waals surface area contributed by atoms with Gasteiger partial charge in [-0.05, 0) is 82.0 Å². The molecule has 270 valence electrons. The van der Waals surface area contributed by atoms with E-state index in [2.05, 4.69) is 52.0 Å². The number of aliphatic hydroxyl groups is 1. The van der Waals surface area contributed by atoms with Crippen molar-refractivity contribution in [2.75, 3.05) is 6.61 Å². The molecule has 2 nitrogen and oxygen atoms in total. The second kappa shape index (κ2) is 37.9. The molecular weight excluding hydrogens is 546 g/mol. The second-order valence-corrected chi connectivity index (χ2v) is 15.0. The second-order valence-electron chi connectivity index (χ2n) is 15.0. The van der Waals surface area contributed by atoms with Gasteiger partial charge in [-0.1, -0.05) is 187 Å². The lowest BCUT2D eigenvalue weighted by Crippen LogP contribution is -2.25. The molecular formula is C43H87NO. The molecule has 0 saturated carbocycles. The van der Waals surface area contributed by atoms with E-state index in [1.165, 1.54) is 199 Å². The molecule has 1 atom stereocenters. The van der Waals surface area contributed by atoms with Crippen LogP contribution in [0.1, 0.15) is 233 Å². The van der Waals surface area contributed by atoms with Gasteiger partial charge in [0.25, 0.3) is 0 Å². The Morgan fingerprint density at radius 3 is 0.978 bits per heavy atom. The summed E-state index contributed by atoms with van der Waals surface area (Å²) < 4.78 is 0. The highest BCUT2D eigenvalue weighted by molar-refractivity contribution is 4.82. The van der Waals surface area contributed by atoms with Crippen LogP contribution < -0.4 is 6.15 Å². The predicted molar refractivity (Wildman–Crippen MR) is 207 cm³/mol. The lowest BCUT2D eigenvalue weighted by molar-refractivity contribution is 0.125. The zero-order valence-corrected chi connectivity index (χ0v) is 31.9. The van der Waals surface area contributed by atoms with Crippen LogP contribution in [0.25, 0.3) is 0 Å². The van der Waals surface area contributed by atoms with Gasteiger partial charge in [-0.25, -0.2) is 0 Å². The maximum Gasteiger partial charge on any atom is 0.0436 e. The third-order valence-corrected chi connectivity index (χ3v) is 10.2. The summed E-state index contributed by atoms with van der Waals surface area (Å²) in [6.07, 6.45) is 53.6. The summed E-state index contributed by atoms with van der Waals surface area (Å²) >= 11 is 0. The van der Waals surface area contributed by atoms with Crippen LogP contribution in [-0.2, 0) is 0 Å². The topological polar surface area (TPSA) is 55.2 Å². The molecule has 0 bridgehead atoms. The quantitative estimate of drug-likeness (QED) is 0.0532. The third kappa shape index (κ3) is 34.6. The molecule has 0 aromatic rings. The van der Waals surface area contributed by atoms with E-state index in [1.54, 1.807) is 0 Å². The van der Waals surface area contributed by atoms with Crippen molar-refractivity contribution in [3.8, 4) is 0 Å². The van der Waals surface area contributed by atoms with Crippen LogP contribution in [0.2, 0.25) is 0 Å². The first-order valence-electron chi connectivity index (χ1n) is 20.5. The maximum absolute atomic E-state index is 9.67. The Labute approximate surface area is 286 Å². The minimum Gasteiger partial charge on any atom is -0.396 e. The van der Waals surface area contributed by atoms with E-state index in [-0.39, 0.29) is 11.6 Å². The molecule has 0 fully saturated rings. The van der Waals surface area contributed by atoms with Crippen LogP contribution in [0.5, 0.6) is 0 Å². The van der Waals surface area contributed by atoms with Gasteiger partial charge in [0.05, 0.1) is 0 Å². The molecule has 0 rings (SSSR count). The molecule has 1 unspecified atom stereocenters. The first-order chi connectivity index (χ1) is 21.6. The molecule has 0 aliphatic rings. The van der Waals surface area contributed by atoms with Crippen molar-refractivity contribution in [3.63, 3.8) is 0 Å². The van der Waals surface area contributed by atoms with Gasteiger partial charge in [0.2, 0.25) is 0 Å². The summed E-state index contributed by atoms with van der Waals surface area (Å²) in [5.41, 5.74) is 0.277. The van der Waals surface area contributed by atoms with Crippen molar-refractivity contribution in [1.29, 1.82) is 0 Å². The van der Waals surface area contributed by atoms with Crippen molar-refractivity contribution >= 4 is 0 Å². The highest BCUT2D eigenvalue weighted by Crippen LogP contribution is 2.38. The number of allylic oxidation sites excluding steroid dienone is 4. The fraction of sp³-hybridized carbons (Fsp3) is 0.907. The predicted octanol–water partition coefficient (Wildman–Crippen LogP) is 15.4. The third-order valence-electron chi connectivity index (χ3n) is 10.2. The number of rotatable bonds is 36. The van der Waals surface area contributed by atoms with E-state index in [9.17, 15) is 5.11 Å². The molecule has 0 radical (unpaired) electrons. The van der Waals surface area contributed by atoms with Gasteiger partial charge in [-0.15, -0.1) is 0 Å². The van der Waals surface area contributed by atoms with E-state index in [0.29, 0.717) is 6.61 Å². The first-order valence-corrected chi connectivity index (χ1v) is 20.5. The molecule has 0 saturated heterocycles.